The number of rotatable bonds is 5. The SMILES string of the molecule is CC(C)c1cc(C(=O)Nc2ccc(Oc3nn[nH]n3)cc2)on1. The molecule has 0 radical (unpaired) electrons. The normalized spacial score (nSPS) is 10.7. The first-order chi connectivity index (χ1) is 11.1. The first-order valence-electron chi connectivity index (χ1n) is 6.91. The summed E-state index contributed by atoms with van der Waals surface area (Å²) in [6.07, 6.45) is 0. The number of nitrogens with one attached hydrogen (secondary N) is 2. The average Bonchev–Trinajstić information content (AvgIpc) is 3.20. The minimum Gasteiger partial charge on any atom is -0.422 e. The summed E-state index contributed by atoms with van der Waals surface area (Å²) in [5.41, 5.74) is 1.33. The molecular weight excluding hydrogens is 300 g/mol. The molecule has 9 nitrogen and oxygen atoms in total. The molecule has 0 saturated carbocycles. The standard InChI is InChI=1S/C14H14N6O3/c1-8(2)11-7-12(23-18-11)13(21)15-9-3-5-10(6-4-9)22-14-16-19-20-17-14/h3-8H,1-2H3,(H,15,21)(H,16,17,19,20). The number of hydrogen-bond donors (Lipinski definition) is 2. The van der Waals surface area contributed by atoms with Crippen LogP contribution in [-0.4, -0.2) is 31.7 Å². The summed E-state index contributed by atoms with van der Waals surface area (Å²) >= 11 is 0. The first-order valence-corrected chi connectivity index (χ1v) is 6.91. The van der Waals surface area contributed by atoms with Crippen LogP contribution < -0.4 is 10.1 Å². The van der Waals surface area contributed by atoms with Gasteiger partial charge in [-0.05, 0) is 35.4 Å². The molecule has 0 aliphatic heterocycles. The lowest BCUT2D eigenvalue weighted by molar-refractivity contribution is 0.0987. The molecule has 23 heavy (non-hydrogen) atoms. The van der Waals surface area contributed by atoms with Crippen molar-refractivity contribution in [2.75, 3.05) is 5.32 Å². The molecule has 1 amide bonds. The van der Waals surface area contributed by atoms with Crippen molar-refractivity contribution in [1.82, 2.24) is 25.8 Å². The van der Waals surface area contributed by atoms with E-state index in [0.29, 0.717) is 11.4 Å². The van der Waals surface area contributed by atoms with Gasteiger partial charge in [0, 0.05) is 11.8 Å². The summed E-state index contributed by atoms with van der Waals surface area (Å²) in [5.74, 6) is 0.519. The van der Waals surface area contributed by atoms with Crippen molar-refractivity contribution in [2.24, 2.45) is 0 Å². The molecular formula is C14H14N6O3. The van der Waals surface area contributed by atoms with Crippen molar-refractivity contribution < 1.29 is 14.1 Å². The van der Waals surface area contributed by atoms with E-state index in [1.807, 2.05) is 13.8 Å². The van der Waals surface area contributed by atoms with Crippen molar-refractivity contribution >= 4 is 11.6 Å². The molecule has 0 atom stereocenters. The maximum absolute atomic E-state index is 12.1. The zero-order valence-corrected chi connectivity index (χ0v) is 12.5. The van der Waals surface area contributed by atoms with Gasteiger partial charge in [-0.15, -0.1) is 0 Å². The number of H-pyrrole nitrogens is 1. The fraction of sp³-hybridized carbons (Fsp3) is 0.214. The fourth-order valence-corrected chi connectivity index (χ4v) is 1.77. The molecule has 2 heterocycles. The van der Waals surface area contributed by atoms with Crippen LogP contribution in [0.1, 0.15) is 36.0 Å². The van der Waals surface area contributed by atoms with Gasteiger partial charge >= 0.3 is 6.01 Å². The molecule has 0 bridgehead atoms. The zero-order chi connectivity index (χ0) is 16.2. The van der Waals surface area contributed by atoms with E-state index in [-0.39, 0.29) is 23.6 Å². The van der Waals surface area contributed by atoms with Crippen LogP contribution >= 0.6 is 0 Å². The van der Waals surface area contributed by atoms with E-state index in [1.54, 1.807) is 30.3 Å². The number of hydrogen-bond acceptors (Lipinski definition) is 7. The number of nitrogens with zero attached hydrogens (tertiary/aromatic N) is 4. The van der Waals surface area contributed by atoms with Gasteiger partial charge in [-0.25, -0.2) is 0 Å². The van der Waals surface area contributed by atoms with E-state index in [1.165, 1.54) is 0 Å². The second-order valence-corrected chi connectivity index (χ2v) is 5.05. The fourth-order valence-electron chi connectivity index (χ4n) is 1.77. The van der Waals surface area contributed by atoms with Crippen molar-refractivity contribution in [2.45, 2.75) is 19.8 Å². The third kappa shape index (κ3) is 3.51. The lowest BCUT2D eigenvalue weighted by atomic mass is 10.1. The molecule has 3 rings (SSSR count). The number of tetrazole rings is 1. The summed E-state index contributed by atoms with van der Waals surface area (Å²) < 4.78 is 10.4. The van der Waals surface area contributed by atoms with Crippen LogP contribution in [0.25, 0.3) is 0 Å². The third-order valence-electron chi connectivity index (χ3n) is 2.99. The van der Waals surface area contributed by atoms with Crippen LogP contribution in [0.2, 0.25) is 0 Å². The Labute approximate surface area is 131 Å². The number of carbonyl (C=O) groups excluding carboxylic acids is 1. The van der Waals surface area contributed by atoms with Gasteiger partial charge in [0.15, 0.2) is 0 Å². The van der Waals surface area contributed by atoms with Crippen LogP contribution in [0.5, 0.6) is 11.8 Å². The molecule has 0 spiro atoms. The van der Waals surface area contributed by atoms with Crippen LogP contribution in [0.3, 0.4) is 0 Å². The Kier molecular flexibility index (Phi) is 4.00. The predicted molar refractivity (Wildman–Crippen MR) is 79.2 cm³/mol. The van der Waals surface area contributed by atoms with E-state index in [0.717, 1.165) is 5.69 Å². The minimum atomic E-state index is -0.365. The smallest absolute Gasteiger partial charge is 0.361 e. The van der Waals surface area contributed by atoms with E-state index in [2.05, 4.69) is 31.1 Å². The largest absolute Gasteiger partial charge is 0.422 e. The van der Waals surface area contributed by atoms with Crippen molar-refractivity contribution in [3.8, 4) is 11.8 Å². The quantitative estimate of drug-likeness (QED) is 0.741. The Bertz CT molecular complexity index is 779. The van der Waals surface area contributed by atoms with Crippen LogP contribution in [0, 0.1) is 0 Å². The summed E-state index contributed by atoms with van der Waals surface area (Å²) in [6.45, 7) is 3.95. The van der Waals surface area contributed by atoms with Crippen LogP contribution in [-0.2, 0) is 0 Å². The second kappa shape index (κ2) is 6.26. The van der Waals surface area contributed by atoms with Crippen LogP contribution in [0.4, 0.5) is 5.69 Å². The number of carbonyl (C=O) groups is 1. The highest BCUT2D eigenvalue weighted by Gasteiger charge is 2.15. The molecule has 0 unspecified atom stereocenters. The summed E-state index contributed by atoms with van der Waals surface area (Å²) in [6, 6.07) is 8.47. The molecule has 0 saturated heterocycles. The van der Waals surface area contributed by atoms with Gasteiger partial charge in [0.05, 0.1) is 5.69 Å². The number of benzene rings is 1. The summed E-state index contributed by atoms with van der Waals surface area (Å²) in [5, 5.41) is 19.6. The van der Waals surface area contributed by atoms with Crippen molar-refractivity contribution in [1.29, 1.82) is 0 Å². The van der Waals surface area contributed by atoms with Crippen molar-refractivity contribution in [3.05, 3.63) is 41.8 Å². The van der Waals surface area contributed by atoms with E-state index < -0.39 is 0 Å². The molecule has 1 aromatic carbocycles. The predicted octanol–water partition coefficient (Wildman–Crippen LogP) is 2.36. The maximum Gasteiger partial charge on any atom is 0.361 e. The van der Waals surface area contributed by atoms with Crippen molar-refractivity contribution in [3.63, 3.8) is 0 Å². The van der Waals surface area contributed by atoms with E-state index in [4.69, 9.17) is 9.26 Å². The van der Waals surface area contributed by atoms with E-state index in [9.17, 15) is 4.79 Å². The number of amides is 1. The van der Waals surface area contributed by atoms with Gasteiger partial charge in [0.25, 0.3) is 5.91 Å². The molecule has 0 aliphatic rings. The van der Waals surface area contributed by atoms with Gasteiger partial charge in [0.2, 0.25) is 5.76 Å². The number of aromatic amines is 1. The average molecular weight is 314 g/mol. The highest BCUT2D eigenvalue weighted by Crippen LogP contribution is 2.20. The van der Waals surface area contributed by atoms with Gasteiger partial charge in [0.1, 0.15) is 5.75 Å². The highest BCUT2D eigenvalue weighted by atomic mass is 16.5. The lowest BCUT2D eigenvalue weighted by Crippen LogP contribution is -2.10. The molecule has 2 aromatic heterocycles. The van der Waals surface area contributed by atoms with Gasteiger partial charge in [-0.3, -0.25) is 4.79 Å². The monoisotopic (exact) mass is 314 g/mol. The molecule has 9 heteroatoms. The highest BCUT2D eigenvalue weighted by molar-refractivity contribution is 6.02. The molecule has 2 N–H and O–H groups in total. The Morgan fingerprint density at radius 1 is 1.30 bits per heavy atom. The van der Waals surface area contributed by atoms with E-state index >= 15 is 0 Å². The first kappa shape index (κ1) is 14.7. The molecule has 3 aromatic rings. The number of ether oxygens (including phenoxy) is 1. The minimum absolute atomic E-state index is 0.115. The number of anilines is 1. The molecule has 0 aliphatic carbocycles. The zero-order valence-electron chi connectivity index (χ0n) is 12.5. The maximum atomic E-state index is 12.1. The Balaban J connectivity index is 1.64. The topological polar surface area (TPSA) is 119 Å². The number of aromatic nitrogens is 5. The Morgan fingerprint density at radius 3 is 2.70 bits per heavy atom. The Morgan fingerprint density at radius 2 is 2.09 bits per heavy atom. The van der Waals surface area contributed by atoms with Gasteiger partial charge < -0.3 is 14.6 Å². The molecule has 0 fully saturated rings. The Hall–Kier alpha value is -3.23. The van der Waals surface area contributed by atoms with Gasteiger partial charge in [-0.1, -0.05) is 29.2 Å². The van der Waals surface area contributed by atoms with Crippen LogP contribution in [0.15, 0.2) is 34.9 Å². The lowest BCUT2D eigenvalue weighted by Gasteiger charge is -2.04. The third-order valence-corrected chi connectivity index (χ3v) is 2.99. The molecule has 118 valence electrons. The van der Waals surface area contributed by atoms with Gasteiger partial charge in [-0.2, -0.15) is 5.21 Å². The summed E-state index contributed by atoms with van der Waals surface area (Å²) in [7, 11) is 0. The summed E-state index contributed by atoms with van der Waals surface area (Å²) in [4.78, 5) is 12.1. The second-order valence-electron chi connectivity index (χ2n) is 5.05.